The summed E-state index contributed by atoms with van der Waals surface area (Å²) in [5.41, 5.74) is 0. The van der Waals surface area contributed by atoms with Gasteiger partial charge in [-0.15, -0.1) is 0 Å². The Labute approximate surface area is 92.6 Å². The molecule has 0 saturated carbocycles. The van der Waals surface area contributed by atoms with E-state index in [2.05, 4.69) is 10.0 Å². The van der Waals surface area contributed by atoms with E-state index >= 15 is 0 Å². The molecule has 0 aromatic rings. The van der Waals surface area contributed by atoms with E-state index in [0.29, 0.717) is 19.8 Å². The highest BCUT2D eigenvalue weighted by atomic mass is 32.2. The molecule has 0 amide bonds. The second-order valence-corrected chi connectivity index (χ2v) is 5.72. The van der Waals surface area contributed by atoms with Crippen LogP contribution in [0.5, 0.6) is 0 Å². The van der Waals surface area contributed by atoms with Crippen molar-refractivity contribution in [1.29, 1.82) is 0 Å². The number of rotatable bonds is 8. The second-order valence-electron chi connectivity index (χ2n) is 3.59. The van der Waals surface area contributed by atoms with Gasteiger partial charge in [-0.1, -0.05) is 0 Å². The predicted molar refractivity (Wildman–Crippen MR) is 61.4 cm³/mol. The maximum Gasteiger partial charge on any atom is 0.215 e. The Morgan fingerprint density at radius 1 is 1.33 bits per heavy atom. The van der Waals surface area contributed by atoms with E-state index in [9.17, 15) is 8.42 Å². The summed E-state index contributed by atoms with van der Waals surface area (Å²) in [6.45, 7) is 6.78. The van der Waals surface area contributed by atoms with Crippen LogP contribution in [0.4, 0.5) is 0 Å². The van der Waals surface area contributed by atoms with Crippen LogP contribution in [0.2, 0.25) is 0 Å². The van der Waals surface area contributed by atoms with Gasteiger partial charge < -0.3 is 10.1 Å². The van der Waals surface area contributed by atoms with E-state index in [0.717, 1.165) is 0 Å². The Hall–Kier alpha value is -0.170. The number of hydrogen-bond donors (Lipinski definition) is 2. The van der Waals surface area contributed by atoms with Crippen LogP contribution in [-0.4, -0.2) is 46.5 Å². The fourth-order valence-corrected chi connectivity index (χ4v) is 2.37. The minimum Gasteiger partial charge on any atom is -0.380 e. The first kappa shape index (κ1) is 14.8. The average molecular weight is 238 g/mol. The topological polar surface area (TPSA) is 67.4 Å². The van der Waals surface area contributed by atoms with Gasteiger partial charge in [-0.3, -0.25) is 0 Å². The number of ether oxygens (including phenoxy) is 1. The summed E-state index contributed by atoms with van der Waals surface area (Å²) in [7, 11) is -1.51. The van der Waals surface area contributed by atoms with Gasteiger partial charge in [-0.25, -0.2) is 13.1 Å². The van der Waals surface area contributed by atoms with Crippen molar-refractivity contribution in [3.63, 3.8) is 0 Å². The molecule has 92 valence electrons. The lowest BCUT2D eigenvalue weighted by atomic mass is 10.4. The number of hydrogen-bond acceptors (Lipinski definition) is 4. The maximum atomic E-state index is 11.7. The molecule has 15 heavy (non-hydrogen) atoms. The minimum atomic E-state index is -3.24. The third-order valence-corrected chi connectivity index (χ3v) is 3.92. The molecule has 0 saturated heterocycles. The highest BCUT2D eigenvalue weighted by Crippen LogP contribution is 1.99. The molecule has 0 fully saturated rings. The van der Waals surface area contributed by atoms with Crippen molar-refractivity contribution in [3.05, 3.63) is 0 Å². The molecule has 5 nitrogen and oxygen atoms in total. The first-order valence-electron chi connectivity index (χ1n) is 5.17. The van der Waals surface area contributed by atoms with Gasteiger partial charge in [0.25, 0.3) is 0 Å². The van der Waals surface area contributed by atoms with Gasteiger partial charge in [0, 0.05) is 19.2 Å². The molecular formula is C9H22N2O3S. The zero-order chi connectivity index (χ0) is 11.9. The van der Waals surface area contributed by atoms with Gasteiger partial charge in [0.15, 0.2) is 0 Å². The van der Waals surface area contributed by atoms with Crippen molar-refractivity contribution in [2.45, 2.75) is 32.1 Å². The molecule has 2 N–H and O–H groups in total. The minimum absolute atomic E-state index is 0.186. The molecule has 0 aromatic carbocycles. The van der Waals surface area contributed by atoms with E-state index in [4.69, 9.17) is 4.74 Å². The van der Waals surface area contributed by atoms with E-state index in [-0.39, 0.29) is 6.04 Å². The summed E-state index contributed by atoms with van der Waals surface area (Å²) in [6, 6.07) is -0.186. The summed E-state index contributed by atoms with van der Waals surface area (Å²) in [5, 5.41) is 2.40. The van der Waals surface area contributed by atoms with Gasteiger partial charge in [-0.05, 0) is 27.8 Å². The van der Waals surface area contributed by atoms with E-state index in [1.165, 1.54) is 0 Å². The fraction of sp³-hybridized carbons (Fsp3) is 1.00. The largest absolute Gasteiger partial charge is 0.380 e. The zero-order valence-electron chi connectivity index (χ0n) is 9.91. The molecule has 0 aliphatic carbocycles. The van der Waals surface area contributed by atoms with Crippen LogP contribution in [0.25, 0.3) is 0 Å². The predicted octanol–water partition coefficient (Wildman–Crippen LogP) is -0.0613. The van der Waals surface area contributed by atoms with Gasteiger partial charge >= 0.3 is 0 Å². The lowest BCUT2D eigenvalue weighted by Gasteiger charge is -2.18. The Morgan fingerprint density at radius 3 is 2.40 bits per heavy atom. The van der Waals surface area contributed by atoms with Crippen molar-refractivity contribution in [2.24, 2.45) is 0 Å². The molecule has 0 radical (unpaired) electrons. The molecule has 0 heterocycles. The lowest BCUT2D eigenvalue weighted by molar-refractivity contribution is 0.133. The Morgan fingerprint density at radius 2 is 1.93 bits per heavy atom. The van der Waals surface area contributed by atoms with Gasteiger partial charge in [0.2, 0.25) is 10.0 Å². The van der Waals surface area contributed by atoms with Crippen LogP contribution in [0.1, 0.15) is 20.8 Å². The molecule has 6 heteroatoms. The third kappa shape index (κ3) is 6.09. The highest BCUT2D eigenvalue weighted by Gasteiger charge is 2.21. The second kappa shape index (κ2) is 7.16. The van der Waals surface area contributed by atoms with Gasteiger partial charge in [0.05, 0.1) is 11.9 Å². The first-order valence-corrected chi connectivity index (χ1v) is 6.72. The van der Waals surface area contributed by atoms with E-state index in [1.54, 1.807) is 20.9 Å². The van der Waals surface area contributed by atoms with Crippen LogP contribution in [0, 0.1) is 0 Å². The van der Waals surface area contributed by atoms with Crippen molar-refractivity contribution >= 4 is 10.0 Å². The molecule has 0 aromatic heterocycles. The standard InChI is InChI=1S/C9H22N2O3S/c1-5-14-7-8(2)11-15(12,13)9(3)6-10-4/h8-11H,5-7H2,1-4H3. The normalized spacial score (nSPS) is 16.3. The molecule has 0 bridgehead atoms. The van der Waals surface area contributed by atoms with E-state index in [1.807, 2.05) is 6.92 Å². The summed E-state index contributed by atoms with van der Waals surface area (Å²) in [6.07, 6.45) is 0. The molecule has 0 aliphatic heterocycles. The van der Waals surface area contributed by atoms with Crippen molar-refractivity contribution in [1.82, 2.24) is 10.0 Å². The number of nitrogens with one attached hydrogen (secondary N) is 2. The van der Waals surface area contributed by atoms with Crippen LogP contribution < -0.4 is 10.0 Å². The quantitative estimate of drug-likeness (QED) is 0.621. The van der Waals surface area contributed by atoms with E-state index < -0.39 is 15.3 Å². The lowest BCUT2D eigenvalue weighted by Crippen LogP contribution is -2.43. The molecule has 0 aliphatic rings. The van der Waals surface area contributed by atoms with Crippen LogP contribution in [0.15, 0.2) is 0 Å². The van der Waals surface area contributed by atoms with Gasteiger partial charge in [-0.2, -0.15) is 0 Å². The van der Waals surface area contributed by atoms with Crippen molar-refractivity contribution in [3.8, 4) is 0 Å². The van der Waals surface area contributed by atoms with Crippen LogP contribution in [-0.2, 0) is 14.8 Å². The van der Waals surface area contributed by atoms with Gasteiger partial charge in [0.1, 0.15) is 0 Å². The van der Waals surface area contributed by atoms with Crippen LogP contribution in [0.3, 0.4) is 0 Å². The summed E-state index contributed by atoms with van der Waals surface area (Å²) >= 11 is 0. The smallest absolute Gasteiger partial charge is 0.215 e. The SMILES string of the molecule is CCOCC(C)NS(=O)(=O)C(C)CNC. The Bertz CT molecular complexity index is 254. The van der Waals surface area contributed by atoms with Crippen LogP contribution >= 0.6 is 0 Å². The Kier molecular flexibility index (Phi) is 7.08. The zero-order valence-corrected chi connectivity index (χ0v) is 10.7. The molecule has 2 unspecified atom stereocenters. The third-order valence-electron chi connectivity index (χ3n) is 1.96. The maximum absolute atomic E-state index is 11.7. The molecular weight excluding hydrogens is 216 g/mol. The molecule has 0 rings (SSSR count). The highest BCUT2D eigenvalue weighted by molar-refractivity contribution is 7.90. The monoisotopic (exact) mass is 238 g/mol. The first-order chi connectivity index (χ1) is 6.94. The Balaban J connectivity index is 4.12. The van der Waals surface area contributed by atoms with Crippen molar-refractivity contribution in [2.75, 3.05) is 26.8 Å². The fourth-order valence-electron chi connectivity index (χ4n) is 1.12. The summed E-state index contributed by atoms with van der Waals surface area (Å²) in [4.78, 5) is 0. The average Bonchev–Trinajstić information content (AvgIpc) is 2.14. The summed E-state index contributed by atoms with van der Waals surface area (Å²) < 4.78 is 31.1. The number of sulfonamides is 1. The van der Waals surface area contributed by atoms with Crippen molar-refractivity contribution < 1.29 is 13.2 Å². The molecule has 2 atom stereocenters. The molecule has 0 spiro atoms. The summed E-state index contributed by atoms with van der Waals surface area (Å²) in [5.74, 6) is 0.